The van der Waals surface area contributed by atoms with Crippen molar-refractivity contribution in [2.24, 2.45) is 0 Å². The van der Waals surface area contributed by atoms with Gasteiger partial charge in [0.15, 0.2) is 0 Å². The van der Waals surface area contributed by atoms with Gasteiger partial charge in [0.1, 0.15) is 0 Å². The van der Waals surface area contributed by atoms with Crippen molar-refractivity contribution in [2.45, 2.75) is 39.3 Å². The summed E-state index contributed by atoms with van der Waals surface area (Å²) in [5.41, 5.74) is 0. The summed E-state index contributed by atoms with van der Waals surface area (Å²) in [6.07, 6.45) is 1.28. The SMILES string of the molecule is CCCN1CC(C)N[C@@H](C)C1. The topological polar surface area (TPSA) is 15.3 Å². The predicted molar refractivity (Wildman–Crippen MR) is 48.8 cm³/mol. The maximum atomic E-state index is 3.53. The molecule has 0 bridgehead atoms. The minimum Gasteiger partial charge on any atom is -0.309 e. The predicted octanol–water partition coefficient (Wildman–Crippen LogP) is 1.08. The molecule has 0 saturated carbocycles. The fourth-order valence-corrected chi connectivity index (χ4v) is 1.94. The van der Waals surface area contributed by atoms with Crippen LogP contribution in [0.15, 0.2) is 0 Å². The maximum absolute atomic E-state index is 3.53. The number of hydrogen-bond donors (Lipinski definition) is 1. The molecule has 1 fully saturated rings. The van der Waals surface area contributed by atoms with E-state index in [1.807, 2.05) is 0 Å². The van der Waals surface area contributed by atoms with Crippen LogP contribution in [0.5, 0.6) is 0 Å². The van der Waals surface area contributed by atoms with Crippen LogP contribution in [0.4, 0.5) is 0 Å². The summed E-state index contributed by atoms with van der Waals surface area (Å²) >= 11 is 0. The Kier molecular flexibility index (Phi) is 3.34. The highest BCUT2D eigenvalue weighted by Crippen LogP contribution is 2.03. The summed E-state index contributed by atoms with van der Waals surface area (Å²) in [4.78, 5) is 2.55. The first kappa shape index (κ1) is 9.01. The second kappa shape index (κ2) is 4.07. The second-order valence-electron chi connectivity index (χ2n) is 3.73. The molecule has 0 aromatic carbocycles. The van der Waals surface area contributed by atoms with Crippen molar-refractivity contribution < 1.29 is 0 Å². The number of nitrogens with zero attached hydrogens (tertiary/aromatic N) is 1. The highest BCUT2D eigenvalue weighted by atomic mass is 15.2. The van der Waals surface area contributed by atoms with E-state index < -0.39 is 0 Å². The highest BCUT2D eigenvalue weighted by molar-refractivity contribution is 4.80. The molecule has 11 heavy (non-hydrogen) atoms. The molecule has 0 aromatic rings. The lowest BCUT2D eigenvalue weighted by molar-refractivity contribution is 0.174. The average Bonchev–Trinajstić information content (AvgIpc) is 1.85. The third-order valence-corrected chi connectivity index (χ3v) is 2.17. The molecular weight excluding hydrogens is 136 g/mol. The van der Waals surface area contributed by atoms with Gasteiger partial charge in [-0.1, -0.05) is 6.92 Å². The van der Waals surface area contributed by atoms with Crippen molar-refractivity contribution in [2.75, 3.05) is 19.6 Å². The van der Waals surface area contributed by atoms with Gasteiger partial charge >= 0.3 is 0 Å². The summed E-state index contributed by atoms with van der Waals surface area (Å²) in [7, 11) is 0. The van der Waals surface area contributed by atoms with E-state index in [1.165, 1.54) is 26.1 Å². The summed E-state index contributed by atoms with van der Waals surface area (Å²) in [6, 6.07) is 1.34. The van der Waals surface area contributed by atoms with Crippen LogP contribution in [-0.2, 0) is 0 Å². The van der Waals surface area contributed by atoms with Gasteiger partial charge in [0, 0.05) is 25.2 Å². The van der Waals surface area contributed by atoms with Gasteiger partial charge in [-0.2, -0.15) is 0 Å². The Labute approximate surface area is 70.0 Å². The van der Waals surface area contributed by atoms with Crippen LogP contribution >= 0.6 is 0 Å². The first-order valence-electron chi connectivity index (χ1n) is 4.70. The van der Waals surface area contributed by atoms with E-state index in [9.17, 15) is 0 Å². The Morgan fingerprint density at radius 2 is 1.82 bits per heavy atom. The van der Waals surface area contributed by atoms with E-state index in [4.69, 9.17) is 0 Å². The van der Waals surface area contributed by atoms with Crippen molar-refractivity contribution in [1.82, 2.24) is 10.2 Å². The Morgan fingerprint density at radius 1 is 1.27 bits per heavy atom. The van der Waals surface area contributed by atoms with E-state index >= 15 is 0 Å². The first-order valence-corrected chi connectivity index (χ1v) is 4.70. The van der Waals surface area contributed by atoms with Crippen molar-refractivity contribution in [1.29, 1.82) is 0 Å². The lowest BCUT2D eigenvalue weighted by Crippen LogP contribution is -2.54. The van der Waals surface area contributed by atoms with Crippen LogP contribution in [0.2, 0.25) is 0 Å². The Morgan fingerprint density at radius 3 is 2.27 bits per heavy atom. The molecule has 0 amide bonds. The molecule has 1 N–H and O–H groups in total. The van der Waals surface area contributed by atoms with Gasteiger partial charge < -0.3 is 10.2 Å². The summed E-state index contributed by atoms with van der Waals surface area (Å²) < 4.78 is 0. The van der Waals surface area contributed by atoms with Gasteiger partial charge in [-0.25, -0.2) is 0 Å². The van der Waals surface area contributed by atoms with Crippen molar-refractivity contribution in [3.8, 4) is 0 Å². The fourth-order valence-electron chi connectivity index (χ4n) is 1.94. The molecule has 1 aliphatic heterocycles. The van der Waals surface area contributed by atoms with Gasteiger partial charge in [0.2, 0.25) is 0 Å². The van der Waals surface area contributed by atoms with Crippen LogP contribution in [0.3, 0.4) is 0 Å². The molecule has 2 atom stereocenters. The lowest BCUT2D eigenvalue weighted by atomic mass is 10.1. The zero-order valence-electron chi connectivity index (χ0n) is 7.93. The Bertz CT molecular complexity index is 104. The van der Waals surface area contributed by atoms with Crippen molar-refractivity contribution in [3.05, 3.63) is 0 Å². The monoisotopic (exact) mass is 156 g/mol. The molecule has 0 aliphatic carbocycles. The molecule has 1 heterocycles. The average molecular weight is 156 g/mol. The molecule has 0 spiro atoms. The van der Waals surface area contributed by atoms with Gasteiger partial charge in [0.25, 0.3) is 0 Å². The van der Waals surface area contributed by atoms with Gasteiger partial charge in [-0.05, 0) is 26.8 Å². The van der Waals surface area contributed by atoms with E-state index in [-0.39, 0.29) is 0 Å². The van der Waals surface area contributed by atoms with Crippen LogP contribution in [-0.4, -0.2) is 36.6 Å². The highest BCUT2D eigenvalue weighted by Gasteiger charge is 2.19. The summed E-state index contributed by atoms with van der Waals surface area (Å²) in [6.45, 7) is 10.5. The molecule has 1 unspecified atom stereocenters. The summed E-state index contributed by atoms with van der Waals surface area (Å²) in [5.74, 6) is 0. The third kappa shape index (κ3) is 2.80. The molecule has 66 valence electrons. The fraction of sp³-hybridized carbons (Fsp3) is 1.00. The van der Waals surface area contributed by atoms with E-state index in [1.54, 1.807) is 0 Å². The Balaban J connectivity index is 2.30. The molecule has 2 nitrogen and oxygen atoms in total. The Hall–Kier alpha value is -0.0800. The zero-order valence-corrected chi connectivity index (χ0v) is 7.93. The van der Waals surface area contributed by atoms with Crippen molar-refractivity contribution in [3.63, 3.8) is 0 Å². The molecular formula is C9H20N2. The molecule has 1 aliphatic rings. The standard InChI is InChI=1S/C9H20N2/c1-4-5-11-6-8(2)10-9(3)7-11/h8-10H,4-7H2,1-3H3/t8-,9?/m0/s1. The van der Waals surface area contributed by atoms with Crippen molar-refractivity contribution >= 4 is 0 Å². The first-order chi connectivity index (χ1) is 5.22. The lowest BCUT2D eigenvalue weighted by Gasteiger charge is -2.35. The molecule has 0 radical (unpaired) electrons. The second-order valence-corrected chi connectivity index (χ2v) is 3.73. The van der Waals surface area contributed by atoms with E-state index in [0.29, 0.717) is 12.1 Å². The number of rotatable bonds is 2. The minimum atomic E-state index is 0.672. The van der Waals surface area contributed by atoms with Crippen LogP contribution in [0, 0.1) is 0 Å². The van der Waals surface area contributed by atoms with E-state index in [0.717, 1.165) is 0 Å². The summed E-state index contributed by atoms with van der Waals surface area (Å²) in [5, 5.41) is 3.53. The molecule has 1 rings (SSSR count). The zero-order chi connectivity index (χ0) is 8.27. The molecule has 2 heteroatoms. The maximum Gasteiger partial charge on any atom is 0.0169 e. The smallest absolute Gasteiger partial charge is 0.0169 e. The minimum absolute atomic E-state index is 0.672. The van der Waals surface area contributed by atoms with Gasteiger partial charge in [0.05, 0.1) is 0 Å². The van der Waals surface area contributed by atoms with Crippen LogP contribution < -0.4 is 5.32 Å². The van der Waals surface area contributed by atoms with Gasteiger partial charge in [-0.15, -0.1) is 0 Å². The number of hydrogen-bond acceptors (Lipinski definition) is 2. The van der Waals surface area contributed by atoms with Crippen LogP contribution in [0.1, 0.15) is 27.2 Å². The van der Waals surface area contributed by atoms with Gasteiger partial charge in [-0.3, -0.25) is 0 Å². The quantitative estimate of drug-likeness (QED) is 0.643. The molecule has 1 saturated heterocycles. The molecule has 0 aromatic heterocycles. The van der Waals surface area contributed by atoms with E-state index in [2.05, 4.69) is 31.0 Å². The largest absolute Gasteiger partial charge is 0.309 e. The number of nitrogens with one attached hydrogen (secondary N) is 1. The normalized spacial score (nSPS) is 34.1. The number of piperazine rings is 1. The third-order valence-electron chi connectivity index (χ3n) is 2.17. The van der Waals surface area contributed by atoms with Crippen LogP contribution in [0.25, 0.3) is 0 Å².